The number of thioether (sulfide) groups is 1. The van der Waals surface area contributed by atoms with Crippen molar-refractivity contribution in [3.8, 4) is 0 Å². The highest BCUT2D eigenvalue weighted by Gasteiger charge is 2.31. The second-order valence-electron chi connectivity index (χ2n) is 3.01. The summed E-state index contributed by atoms with van der Waals surface area (Å²) in [5.74, 6) is 2.25. The summed E-state index contributed by atoms with van der Waals surface area (Å²) >= 11 is 6.26. The van der Waals surface area contributed by atoms with Crippen LogP contribution >= 0.6 is 24.4 Å². The molecule has 3 heteroatoms. The number of rotatable bonds is 2. The van der Waals surface area contributed by atoms with Crippen LogP contribution in [0.15, 0.2) is 0 Å². The molecule has 1 aliphatic heterocycles. The van der Waals surface area contributed by atoms with Crippen LogP contribution in [-0.4, -0.2) is 34.4 Å². The second-order valence-corrected chi connectivity index (χ2v) is 5.15. The predicted molar refractivity (Wildman–Crippen MR) is 52.0 cm³/mol. The molecule has 0 radical (unpaired) electrons. The van der Waals surface area contributed by atoms with Gasteiger partial charge in [0.1, 0.15) is 0 Å². The maximum atomic E-state index is 4.22. The van der Waals surface area contributed by atoms with E-state index in [1.807, 2.05) is 11.8 Å². The first-order valence-corrected chi connectivity index (χ1v) is 5.28. The largest absolute Gasteiger partial charge is 0.288 e. The van der Waals surface area contributed by atoms with Gasteiger partial charge in [0.05, 0.1) is 4.87 Å². The number of thiol groups is 1. The topological polar surface area (TPSA) is 3.24 Å². The lowest BCUT2D eigenvalue weighted by Gasteiger charge is -2.29. The predicted octanol–water partition coefficient (Wildman–Crippen LogP) is 1.70. The quantitative estimate of drug-likeness (QED) is 0.640. The highest BCUT2D eigenvalue weighted by atomic mass is 32.2. The summed E-state index contributed by atoms with van der Waals surface area (Å²) < 4.78 is 0. The first-order chi connectivity index (χ1) is 4.67. The molecule has 1 fully saturated rings. The normalized spacial score (nSPS) is 25.5. The zero-order valence-corrected chi connectivity index (χ0v) is 8.34. The molecule has 10 heavy (non-hydrogen) atoms. The van der Waals surface area contributed by atoms with Gasteiger partial charge >= 0.3 is 0 Å². The molecule has 1 nitrogen and oxygen atoms in total. The number of nitrogens with zero attached hydrogens (tertiary/aromatic N) is 1. The van der Waals surface area contributed by atoms with Crippen LogP contribution < -0.4 is 0 Å². The fourth-order valence-electron chi connectivity index (χ4n) is 1.27. The Morgan fingerprint density at radius 2 is 2.30 bits per heavy atom. The Labute approximate surface area is 73.0 Å². The van der Waals surface area contributed by atoms with Gasteiger partial charge in [0.25, 0.3) is 0 Å². The van der Waals surface area contributed by atoms with Crippen molar-refractivity contribution in [2.24, 2.45) is 0 Å². The Balaban J connectivity index is 2.43. The molecule has 1 saturated heterocycles. The average molecular weight is 177 g/mol. The maximum absolute atomic E-state index is 4.22. The Morgan fingerprint density at radius 1 is 1.60 bits per heavy atom. The van der Waals surface area contributed by atoms with E-state index in [4.69, 9.17) is 0 Å². The van der Waals surface area contributed by atoms with Gasteiger partial charge in [-0.2, -0.15) is 12.6 Å². The molecule has 0 bridgehead atoms. The molecule has 0 spiro atoms. The third kappa shape index (κ3) is 1.83. The molecule has 0 N–H and O–H groups in total. The van der Waals surface area contributed by atoms with E-state index in [9.17, 15) is 0 Å². The standard InChI is InChI=1S/C7H15NS2/c1-7(2)8(3-5-9)4-6-10-7/h9H,3-6H2,1-2H3. The molecule has 1 aliphatic rings. The summed E-state index contributed by atoms with van der Waals surface area (Å²) in [5, 5.41) is 0. The minimum absolute atomic E-state index is 0.364. The molecule has 60 valence electrons. The molecule has 1 rings (SSSR count). The maximum Gasteiger partial charge on any atom is 0.0614 e. The van der Waals surface area contributed by atoms with E-state index >= 15 is 0 Å². The summed E-state index contributed by atoms with van der Waals surface area (Å²) in [5.41, 5.74) is 0. The summed E-state index contributed by atoms with van der Waals surface area (Å²) in [4.78, 5) is 2.85. The monoisotopic (exact) mass is 177 g/mol. The molecular formula is C7H15NS2. The number of hydrogen-bond acceptors (Lipinski definition) is 3. The minimum Gasteiger partial charge on any atom is -0.288 e. The van der Waals surface area contributed by atoms with Crippen LogP contribution in [0.4, 0.5) is 0 Å². The van der Waals surface area contributed by atoms with Crippen molar-refractivity contribution in [2.75, 3.05) is 24.6 Å². The Kier molecular flexibility index (Phi) is 2.95. The molecule has 0 aromatic rings. The molecule has 0 unspecified atom stereocenters. The van der Waals surface area contributed by atoms with Crippen LogP contribution in [-0.2, 0) is 0 Å². The van der Waals surface area contributed by atoms with Gasteiger partial charge in [-0.25, -0.2) is 0 Å². The lowest BCUT2D eigenvalue weighted by Crippen LogP contribution is -2.37. The Hall–Kier alpha value is 0.660. The van der Waals surface area contributed by atoms with Crippen molar-refractivity contribution in [3.05, 3.63) is 0 Å². The molecular weight excluding hydrogens is 162 g/mol. The first-order valence-electron chi connectivity index (χ1n) is 3.67. The van der Waals surface area contributed by atoms with E-state index in [2.05, 4.69) is 31.4 Å². The van der Waals surface area contributed by atoms with Crippen LogP contribution in [0.3, 0.4) is 0 Å². The van der Waals surface area contributed by atoms with Gasteiger partial charge in [-0.15, -0.1) is 11.8 Å². The van der Waals surface area contributed by atoms with Gasteiger partial charge in [-0.1, -0.05) is 0 Å². The highest BCUT2D eigenvalue weighted by Crippen LogP contribution is 2.34. The van der Waals surface area contributed by atoms with Crippen molar-refractivity contribution in [3.63, 3.8) is 0 Å². The second kappa shape index (κ2) is 3.37. The van der Waals surface area contributed by atoms with Crippen LogP contribution in [0.1, 0.15) is 13.8 Å². The fourth-order valence-corrected chi connectivity index (χ4v) is 2.69. The molecule has 0 aromatic carbocycles. The van der Waals surface area contributed by atoms with Gasteiger partial charge in [0.2, 0.25) is 0 Å². The van der Waals surface area contributed by atoms with Crippen molar-refractivity contribution in [1.82, 2.24) is 4.90 Å². The zero-order valence-electron chi connectivity index (χ0n) is 6.63. The van der Waals surface area contributed by atoms with Gasteiger partial charge < -0.3 is 0 Å². The van der Waals surface area contributed by atoms with E-state index < -0.39 is 0 Å². The molecule has 0 amide bonds. The van der Waals surface area contributed by atoms with E-state index in [-0.39, 0.29) is 0 Å². The third-order valence-electron chi connectivity index (χ3n) is 1.95. The smallest absolute Gasteiger partial charge is 0.0614 e. The van der Waals surface area contributed by atoms with E-state index in [1.165, 1.54) is 12.3 Å². The third-order valence-corrected chi connectivity index (χ3v) is 3.50. The van der Waals surface area contributed by atoms with E-state index in [0.29, 0.717) is 4.87 Å². The first kappa shape index (κ1) is 8.75. The highest BCUT2D eigenvalue weighted by molar-refractivity contribution is 8.00. The van der Waals surface area contributed by atoms with Gasteiger partial charge in [-0.05, 0) is 13.8 Å². The number of hydrogen-bond donors (Lipinski definition) is 1. The Bertz CT molecular complexity index is 114. The summed E-state index contributed by atoms with van der Waals surface area (Å²) in [6.07, 6.45) is 0. The molecule has 0 atom stereocenters. The van der Waals surface area contributed by atoms with Crippen LogP contribution in [0.5, 0.6) is 0 Å². The lowest BCUT2D eigenvalue weighted by molar-refractivity contribution is 0.239. The minimum atomic E-state index is 0.364. The van der Waals surface area contributed by atoms with Crippen molar-refractivity contribution < 1.29 is 0 Å². The molecule has 0 saturated carbocycles. The van der Waals surface area contributed by atoms with Crippen molar-refractivity contribution in [1.29, 1.82) is 0 Å². The van der Waals surface area contributed by atoms with Gasteiger partial charge in [0.15, 0.2) is 0 Å². The summed E-state index contributed by atoms with van der Waals surface area (Å²) in [7, 11) is 0. The summed E-state index contributed by atoms with van der Waals surface area (Å²) in [6, 6.07) is 0. The molecule has 0 aliphatic carbocycles. The van der Waals surface area contributed by atoms with Gasteiger partial charge in [-0.3, -0.25) is 4.90 Å². The average Bonchev–Trinajstić information content (AvgIpc) is 2.13. The zero-order chi connectivity index (χ0) is 7.61. The summed E-state index contributed by atoms with van der Waals surface area (Å²) in [6.45, 7) is 6.93. The lowest BCUT2D eigenvalue weighted by atomic mass is 10.3. The SMILES string of the molecule is CC1(C)SCCN1CCS. The fraction of sp³-hybridized carbons (Fsp3) is 1.00. The van der Waals surface area contributed by atoms with E-state index in [1.54, 1.807) is 0 Å². The van der Waals surface area contributed by atoms with Crippen molar-refractivity contribution in [2.45, 2.75) is 18.7 Å². The molecule has 1 heterocycles. The molecule has 0 aromatic heterocycles. The van der Waals surface area contributed by atoms with Crippen molar-refractivity contribution >= 4 is 24.4 Å². The van der Waals surface area contributed by atoms with Crippen LogP contribution in [0, 0.1) is 0 Å². The van der Waals surface area contributed by atoms with Gasteiger partial charge in [0, 0.05) is 24.6 Å². The van der Waals surface area contributed by atoms with Crippen LogP contribution in [0.25, 0.3) is 0 Å². The van der Waals surface area contributed by atoms with E-state index in [0.717, 1.165) is 12.3 Å². The Morgan fingerprint density at radius 3 is 2.70 bits per heavy atom. The van der Waals surface area contributed by atoms with Crippen LogP contribution in [0.2, 0.25) is 0 Å².